The van der Waals surface area contributed by atoms with Gasteiger partial charge in [0.15, 0.2) is 0 Å². The molecule has 0 saturated heterocycles. The van der Waals surface area contributed by atoms with E-state index in [-0.39, 0.29) is 6.04 Å². The van der Waals surface area contributed by atoms with Crippen LogP contribution in [0.25, 0.3) is 0 Å². The summed E-state index contributed by atoms with van der Waals surface area (Å²) in [6.45, 7) is 5.79. The van der Waals surface area contributed by atoms with E-state index in [2.05, 4.69) is 11.9 Å². The second-order valence-corrected chi connectivity index (χ2v) is 4.26. The van der Waals surface area contributed by atoms with Gasteiger partial charge in [-0.15, -0.1) is 0 Å². The Morgan fingerprint density at radius 3 is 2.77 bits per heavy atom. The molecule has 0 aliphatic heterocycles. The Morgan fingerprint density at radius 2 is 2.23 bits per heavy atom. The zero-order valence-corrected chi connectivity index (χ0v) is 8.83. The van der Waals surface area contributed by atoms with E-state index in [0.29, 0.717) is 0 Å². The van der Waals surface area contributed by atoms with Crippen LogP contribution >= 0.6 is 0 Å². The zero-order valence-electron chi connectivity index (χ0n) is 8.83. The van der Waals surface area contributed by atoms with Crippen LogP contribution in [0.2, 0.25) is 0 Å². The molecule has 78 valence electrons. The first kappa shape index (κ1) is 11.0. The molecule has 0 unspecified atom stereocenters. The molecule has 3 nitrogen and oxygen atoms in total. The Kier molecular flexibility index (Phi) is 4.70. The molecular weight excluding hydrogens is 164 g/mol. The monoisotopic (exact) mass is 186 g/mol. The summed E-state index contributed by atoms with van der Waals surface area (Å²) in [5.74, 6) is 0.874. The highest BCUT2D eigenvalue weighted by atomic mass is 16.5. The molecule has 0 spiro atoms. The molecule has 0 aromatic heterocycles. The minimum absolute atomic E-state index is 0.258. The maximum Gasteiger partial charge on any atom is 0.0593 e. The summed E-state index contributed by atoms with van der Waals surface area (Å²) in [7, 11) is 2.09. The van der Waals surface area contributed by atoms with Crippen molar-refractivity contribution in [3.8, 4) is 0 Å². The molecule has 1 aliphatic rings. The molecular formula is C10H22N2O. The Balaban J connectivity index is 1.85. The fourth-order valence-corrected chi connectivity index (χ4v) is 1.34. The van der Waals surface area contributed by atoms with E-state index in [0.717, 1.165) is 32.2 Å². The van der Waals surface area contributed by atoms with Gasteiger partial charge in [0.05, 0.1) is 6.61 Å². The van der Waals surface area contributed by atoms with Crippen molar-refractivity contribution in [3.63, 3.8) is 0 Å². The average Bonchev–Trinajstić information content (AvgIpc) is 2.80. The third-order valence-electron chi connectivity index (χ3n) is 2.27. The fraction of sp³-hybridized carbons (Fsp3) is 1.00. The van der Waals surface area contributed by atoms with Crippen LogP contribution in [0, 0.1) is 5.92 Å². The molecule has 1 rings (SSSR count). The van der Waals surface area contributed by atoms with Crippen LogP contribution in [0.4, 0.5) is 0 Å². The van der Waals surface area contributed by atoms with Crippen LogP contribution in [0.15, 0.2) is 0 Å². The Bertz CT molecular complexity index is 135. The lowest BCUT2D eigenvalue weighted by atomic mass is 10.3. The molecule has 3 heteroatoms. The number of likely N-dealkylation sites (N-methyl/N-ethyl adjacent to an activating group) is 1. The average molecular weight is 186 g/mol. The quantitative estimate of drug-likeness (QED) is 0.595. The highest BCUT2D eigenvalue weighted by Crippen LogP contribution is 2.28. The summed E-state index contributed by atoms with van der Waals surface area (Å²) in [5, 5.41) is 0. The highest BCUT2D eigenvalue weighted by molar-refractivity contribution is 4.72. The van der Waals surface area contributed by atoms with Crippen molar-refractivity contribution in [2.45, 2.75) is 25.8 Å². The lowest BCUT2D eigenvalue weighted by Gasteiger charge is -2.18. The summed E-state index contributed by atoms with van der Waals surface area (Å²) < 4.78 is 5.53. The molecule has 0 aromatic rings. The van der Waals surface area contributed by atoms with Gasteiger partial charge in [-0.05, 0) is 32.7 Å². The van der Waals surface area contributed by atoms with Gasteiger partial charge in [-0.2, -0.15) is 0 Å². The van der Waals surface area contributed by atoms with Crippen LogP contribution in [-0.2, 0) is 4.74 Å². The first-order valence-corrected chi connectivity index (χ1v) is 5.20. The Morgan fingerprint density at radius 1 is 1.54 bits per heavy atom. The maximum atomic E-state index is 5.67. The number of nitrogens with zero attached hydrogens (tertiary/aromatic N) is 1. The molecule has 1 aliphatic carbocycles. The van der Waals surface area contributed by atoms with Crippen molar-refractivity contribution in [2.75, 3.05) is 33.4 Å². The molecule has 13 heavy (non-hydrogen) atoms. The number of nitrogens with two attached hydrogens (primary N) is 1. The third-order valence-corrected chi connectivity index (χ3v) is 2.27. The molecule has 1 atom stereocenters. The molecule has 0 heterocycles. The van der Waals surface area contributed by atoms with Gasteiger partial charge in [-0.1, -0.05) is 0 Å². The first-order chi connectivity index (χ1) is 6.18. The zero-order chi connectivity index (χ0) is 9.68. The molecule has 0 radical (unpaired) electrons. The van der Waals surface area contributed by atoms with Gasteiger partial charge in [0.25, 0.3) is 0 Å². The van der Waals surface area contributed by atoms with Gasteiger partial charge in [0.2, 0.25) is 0 Å². The highest BCUT2D eigenvalue weighted by Gasteiger charge is 2.20. The minimum Gasteiger partial charge on any atom is -0.380 e. The van der Waals surface area contributed by atoms with Crippen LogP contribution in [-0.4, -0.2) is 44.3 Å². The van der Waals surface area contributed by atoms with Gasteiger partial charge >= 0.3 is 0 Å². The predicted molar refractivity (Wildman–Crippen MR) is 54.7 cm³/mol. The van der Waals surface area contributed by atoms with Gasteiger partial charge in [0, 0.05) is 25.7 Å². The van der Waals surface area contributed by atoms with Crippen LogP contribution in [0.5, 0.6) is 0 Å². The maximum absolute atomic E-state index is 5.67. The molecule has 1 fully saturated rings. The normalized spacial score (nSPS) is 19.4. The SMILES string of the molecule is C[C@H](N)CN(C)CCOCC1CC1. The number of hydrogen-bond donors (Lipinski definition) is 1. The van der Waals surface area contributed by atoms with Crippen molar-refractivity contribution in [3.05, 3.63) is 0 Å². The van der Waals surface area contributed by atoms with E-state index in [1.165, 1.54) is 12.8 Å². The van der Waals surface area contributed by atoms with E-state index in [9.17, 15) is 0 Å². The fourth-order valence-electron chi connectivity index (χ4n) is 1.34. The summed E-state index contributed by atoms with van der Waals surface area (Å²) >= 11 is 0. The van der Waals surface area contributed by atoms with E-state index < -0.39 is 0 Å². The van der Waals surface area contributed by atoms with Gasteiger partial charge in [-0.3, -0.25) is 0 Å². The minimum atomic E-state index is 0.258. The second kappa shape index (κ2) is 5.58. The lowest BCUT2D eigenvalue weighted by Crippen LogP contribution is -2.34. The third kappa shape index (κ3) is 6.02. The number of rotatable bonds is 7. The number of hydrogen-bond acceptors (Lipinski definition) is 3. The van der Waals surface area contributed by atoms with Gasteiger partial charge < -0.3 is 15.4 Å². The number of ether oxygens (including phenoxy) is 1. The molecule has 0 aromatic carbocycles. The Labute approximate surface area is 81.2 Å². The van der Waals surface area contributed by atoms with E-state index in [1.54, 1.807) is 0 Å². The summed E-state index contributed by atoms with van der Waals surface area (Å²) in [5.41, 5.74) is 5.67. The second-order valence-electron chi connectivity index (χ2n) is 4.26. The van der Waals surface area contributed by atoms with Gasteiger partial charge in [-0.25, -0.2) is 0 Å². The Hall–Kier alpha value is -0.120. The molecule has 0 amide bonds. The largest absolute Gasteiger partial charge is 0.380 e. The van der Waals surface area contributed by atoms with Crippen molar-refractivity contribution < 1.29 is 4.74 Å². The predicted octanol–water partition coefficient (Wildman–Crippen LogP) is 0.692. The molecule has 0 bridgehead atoms. The lowest BCUT2D eigenvalue weighted by molar-refractivity contribution is 0.102. The van der Waals surface area contributed by atoms with Crippen LogP contribution in [0.3, 0.4) is 0 Å². The topological polar surface area (TPSA) is 38.5 Å². The summed E-state index contributed by atoms with van der Waals surface area (Å²) in [6, 6.07) is 0.258. The summed E-state index contributed by atoms with van der Waals surface area (Å²) in [4.78, 5) is 2.22. The van der Waals surface area contributed by atoms with E-state index in [4.69, 9.17) is 10.5 Å². The van der Waals surface area contributed by atoms with E-state index >= 15 is 0 Å². The smallest absolute Gasteiger partial charge is 0.0593 e. The van der Waals surface area contributed by atoms with Crippen molar-refractivity contribution >= 4 is 0 Å². The molecule has 1 saturated carbocycles. The van der Waals surface area contributed by atoms with Crippen molar-refractivity contribution in [1.29, 1.82) is 0 Å². The van der Waals surface area contributed by atoms with Crippen LogP contribution in [0.1, 0.15) is 19.8 Å². The molecule has 2 N–H and O–H groups in total. The van der Waals surface area contributed by atoms with Gasteiger partial charge in [0.1, 0.15) is 0 Å². The van der Waals surface area contributed by atoms with Crippen molar-refractivity contribution in [2.24, 2.45) is 11.7 Å². The standard InChI is InChI=1S/C10H22N2O/c1-9(11)7-12(2)5-6-13-8-10-3-4-10/h9-10H,3-8,11H2,1-2H3/t9-/m0/s1. The summed E-state index contributed by atoms with van der Waals surface area (Å²) in [6.07, 6.45) is 2.74. The first-order valence-electron chi connectivity index (χ1n) is 5.20. The van der Waals surface area contributed by atoms with E-state index in [1.807, 2.05) is 6.92 Å². The van der Waals surface area contributed by atoms with Crippen molar-refractivity contribution in [1.82, 2.24) is 4.90 Å². The van der Waals surface area contributed by atoms with Crippen LogP contribution < -0.4 is 5.73 Å².